The summed E-state index contributed by atoms with van der Waals surface area (Å²) in [6.07, 6.45) is 4.30. The Kier molecular flexibility index (Phi) is 4.72. The molecule has 1 aromatic carbocycles. The first kappa shape index (κ1) is 14.2. The summed E-state index contributed by atoms with van der Waals surface area (Å²) in [6, 6.07) is 5.35. The number of hydrogen-bond acceptors (Lipinski definition) is 2. The number of imidazole rings is 1. The number of unbranched alkanes of at least 4 members (excludes halogenated alkanes) is 1. The fourth-order valence-corrected chi connectivity index (χ4v) is 2.20. The molecule has 102 valence electrons. The molecule has 0 bridgehead atoms. The van der Waals surface area contributed by atoms with Crippen molar-refractivity contribution in [2.24, 2.45) is 0 Å². The van der Waals surface area contributed by atoms with Gasteiger partial charge in [0.25, 0.3) is 0 Å². The standard InChI is InChI=1S/C14H17Cl2N3/c1-3-4-7-19-9-10(2)17-14(19)18-13-8-11(15)5-6-12(13)16/h5-6,8-9H,3-4,7H2,1-2H3,(H,17,18). The van der Waals surface area contributed by atoms with Gasteiger partial charge in [-0.15, -0.1) is 0 Å². The van der Waals surface area contributed by atoms with Gasteiger partial charge >= 0.3 is 0 Å². The molecule has 0 aliphatic heterocycles. The Morgan fingerprint density at radius 1 is 1.32 bits per heavy atom. The van der Waals surface area contributed by atoms with E-state index in [9.17, 15) is 0 Å². The highest BCUT2D eigenvalue weighted by molar-refractivity contribution is 6.35. The number of hydrogen-bond donors (Lipinski definition) is 1. The minimum absolute atomic E-state index is 0.632. The average molecular weight is 298 g/mol. The van der Waals surface area contributed by atoms with Crippen LogP contribution in [0.15, 0.2) is 24.4 Å². The van der Waals surface area contributed by atoms with E-state index in [1.165, 1.54) is 0 Å². The molecule has 0 saturated carbocycles. The van der Waals surface area contributed by atoms with E-state index in [2.05, 4.69) is 21.8 Å². The van der Waals surface area contributed by atoms with Crippen LogP contribution < -0.4 is 5.32 Å². The van der Waals surface area contributed by atoms with Gasteiger partial charge in [-0.05, 0) is 31.5 Å². The third kappa shape index (κ3) is 3.64. The van der Waals surface area contributed by atoms with Crippen LogP contribution in [-0.4, -0.2) is 9.55 Å². The van der Waals surface area contributed by atoms with Gasteiger partial charge in [-0.2, -0.15) is 0 Å². The highest BCUT2D eigenvalue weighted by Crippen LogP contribution is 2.28. The molecule has 0 unspecified atom stereocenters. The first-order valence-electron chi connectivity index (χ1n) is 6.36. The van der Waals surface area contributed by atoms with Crippen molar-refractivity contribution in [3.8, 4) is 0 Å². The van der Waals surface area contributed by atoms with E-state index >= 15 is 0 Å². The molecule has 1 aromatic heterocycles. The maximum absolute atomic E-state index is 6.15. The first-order valence-corrected chi connectivity index (χ1v) is 7.11. The molecule has 2 aromatic rings. The van der Waals surface area contributed by atoms with Gasteiger partial charge in [0.05, 0.1) is 16.4 Å². The number of aryl methyl sites for hydroxylation is 2. The van der Waals surface area contributed by atoms with E-state index in [1.54, 1.807) is 18.2 Å². The minimum Gasteiger partial charge on any atom is -0.324 e. The van der Waals surface area contributed by atoms with E-state index in [0.29, 0.717) is 10.0 Å². The SMILES string of the molecule is CCCCn1cc(C)nc1Nc1cc(Cl)ccc1Cl. The van der Waals surface area contributed by atoms with E-state index < -0.39 is 0 Å². The zero-order valence-electron chi connectivity index (χ0n) is 11.1. The fourth-order valence-electron chi connectivity index (χ4n) is 1.86. The van der Waals surface area contributed by atoms with E-state index in [1.807, 2.05) is 13.1 Å². The fraction of sp³-hybridized carbons (Fsp3) is 0.357. The molecule has 0 radical (unpaired) electrons. The zero-order valence-corrected chi connectivity index (χ0v) is 12.6. The van der Waals surface area contributed by atoms with E-state index in [0.717, 1.165) is 36.7 Å². The molecule has 0 spiro atoms. The van der Waals surface area contributed by atoms with Crippen LogP contribution in [0.4, 0.5) is 11.6 Å². The maximum Gasteiger partial charge on any atom is 0.207 e. The van der Waals surface area contributed by atoms with Gasteiger partial charge in [0.15, 0.2) is 0 Å². The van der Waals surface area contributed by atoms with Gasteiger partial charge in [-0.25, -0.2) is 4.98 Å². The van der Waals surface area contributed by atoms with Gasteiger partial charge < -0.3 is 9.88 Å². The van der Waals surface area contributed by atoms with Crippen molar-refractivity contribution in [1.82, 2.24) is 9.55 Å². The topological polar surface area (TPSA) is 29.9 Å². The second-order valence-electron chi connectivity index (χ2n) is 4.50. The second kappa shape index (κ2) is 6.31. The summed E-state index contributed by atoms with van der Waals surface area (Å²) in [6.45, 7) is 5.09. The minimum atomic E-state index is 0.632. The molecular weight excluding hydrogens is 281 g/mol. The molecule has 3 nitrogen and oxygen atoms in total. The molecule has 2 rings (SSSR count). The van der Waals surface area contributed by atoms with Crippen molar-refractivity contribution < 1.29 is 0 Å². The van der Waals surface area contributed by atoms with Crippen molar-refractivity contribution in [2.45, 2.75) is 33.2 Å². The van der Waals surface area contributed by atoms with Crippen LogP contribution in [0.5, 0.6) is 0 Å². The second-order valence-corrected chi connectivity index (χ2v) is 5.35. The average Bonchev–Trinajstić information content (AvgIpc) is 2.71. The lowest BCUT2D eigenvalue weighted by molar-refractivity contribution is 0.637. The molecule has 0 atom stereocenters. The van der Waals surface area contributed by atoms with Crippen molar-refractivity contribution in [3.05, 3.63) is 40.1 Å². The molecule has 0 saturated heterocycles. The van der Waals surface area contributed by atoms with Crippen molar-refractivity contribution in [2.75, 3.05) is 5.32 Å². The van der Waals surface area contributed by atoms with Crippen molar-refractivity contribution >= 4 is 34.8 Å². The molecule has 19 heavy (non-hydrogen) atoms. The number of anilines is 2. The maximum atomic E-state index is 6.15. The van der Waals surface area contributed by atoms with Crippen LogP contribution >= 0.6 is 23.2 Å². The summed E-state index contributed by atoms with van der Waals surface area (Å²) in [5, 5.41) is 4.53. The van der Waals surface area contributed by atoms with Crippen LogP contribution in [0.2, 0.25) is 10.0 Å². The Morgan fingerprint density at radius 3 is 2.84 bits per heavy atom. The highest BCUT2D eigenvalue weighted by Gasteiger charge is 2.08. The van der Waals surface area contributed by atoms with Crippen LogP contribution in [0.3, 0.4) is 0 Å². The summed E-state index contributed by atoms with van der Waals surface area (Å²) in [4.78, 5) is 4.48. The number of benzene rings is 1. The predicted molar refractivity (Wildman–Crippen MR) is 81.6 cm³/mol. The van der Waals surface area contributed by atoms with Gasteiger partial charge in [0, 0.05) is 17.8 Å². The summed E-state index contributed by atoms with van der Waals surface area (Å²) >= 11 is 12.1. The number of halogens is 2. The van der Waals surface area contributed by atoms with Gasteiger partial charge in [0.2, 0.25) is 5.95 Å². The highest BCUT2D eigenvalue weighted by atomic mass is 35.5. The molecule has 1 N–H and O–H groups in total. The lowest BCUT2D eigenvalue weighted by Gasteiger charge is -2.10. The zero-order chi connectivity index (χ0) is 13.8. The van der Waals surface area contributed by atoms with Crippen molar-refractivity contribution in [1.29, 1.82) is 0 Å². The van der Waals surface area contributed by atoms with Crippen LogP contribution in [0.25, 0.3) is 0 Å². The van der Waals surface area contributed by atoms with Crippen molar-refractivity contribution in [3.63, 3.8) is 0 Å². The van der Waals surface area contributed by atoms with Crippen LogP contribution in [0.1, 0.15) is 25.5 Å². The summed E-state index contributed by atoms with van der Waals surface area (Å²) < 4.78 is 2.11. The number of nitrogens with one attached hydrogen (secondary N) is 1. The summed E-state index contributed by atoms with van der Waals surface area (Å²) in [5.74, 6) is 0.801. The first-order chi connectivity index (χ1) is 9.10. The van der Waals surface area contributed by atoms with Gasteiger partial charge in [-0.1, -0.05) is 36.5 Å². The molecule has 1 heterocycles. The van der Waals surface area contributed by atoms with Crippen LogP contribution in [0, 0.1) is 6.92 Å². The monoisotopic (exact) mass is 297 g/mol. The lowest BCUT2D eigenvalue weighted by Crippen LogP contribution is -2.03. The molecule has 0 fully saturated rings. The third-order valence-corrected chi connectivity index (χ3v) is 3.39. The Balaban J connectivity index is 2.24. The van der Waals surface area contributed by atoms with E-state index in [-0.39, 0.29) is 0 Å². The van der Waals surface area contributed by atoms with Gasteiger partial charge in [-0.3, -0.25) is 0 Å². The smallest absolute Gasteiger partial charge is 0.207 e. The third-order valence-electron chi connectivity index (χ3n) is 2.82. The number of nitrogens with zero attached hydrogens (tertiary/aromatic N) is 2. The van der Waals surface area contributed by atoms with Crippen LogP contribution in [-0.2, 0) is 6.54 Å². The molecule has 0 aliphatic carbocycles. The lowest BCUT2D eigenvalue weighted by atomic mass is 10.3. The van der Waals surface area contributed by atoms with Gasteiger partial charge in [0.1, 0.15) is 0 Å². The Hall–Kier alpha value is -1.19. The molecular formula is C14H17Cl2N3. The number of rotatable bonds is 5. The Morgan fingerprint density at radius 2 is 2.11 bits per heavy atom. The largest absolute Gasteiger partial charge is 0.324 e. The molecule has 5 heteroatoms. The molecule has 0 amide bonds. The Labute approximate surface area is 123 Å². The normalized spacial score (nSPS) is 10.7. The quantitative estimate of drug-likeness (QED) is 0.837. The number of aromatic nitrogens is 2. The van der Waals surface area contributed by atoms with E-state index in [4.69, 9.17) is 23.2 Å². The predicted octanol–water partition coefficient (Wildman–Crippen LogP) is 5.04. The Bertz CT molecular complexity index is 564. The summed E-state index contributed by atoms with van der Waals surface area (Å²) in [7, 11) is 0. The summed E-state index contributed by atoms with van der Waals surface area (Å²) in [5.41, 5.74) is 1.76. The molecule has 0 aliphatic rings.